The van der Waals surface area contributed by atoms with Crippen LogP contribution < -0.4 is 4.74 Å². The van der Waals surface area contributed by atoms with E-state index in [-0.39, 0.29) is 5.60 Å². The van der Waals surface area contributed by atoms with E-state index in [1.165, 1.54) is 11.3 Å². The van der Waals surface area contributed by atoms with Crippen LogP contribution in [-0.4, -0.2) is 25.7 Å². The van der Waals surface area contributed by atoms with Gasteiger partial charge in [0.2, 0.25) is 11.7 Å². The Balaban J connectivity index is 1.66. The molecule has 0 saturated heterocycles. The number of aromatic nitrogens is 4. The molecule has 4 rings (SSSR count). The second kappa shape index (κ2) is 5.28. The summed E-state index contributed by atoms with van der Waals surface area (Å²) in [7, 11) is 0. The zero-order valence-corrected chi connectivity index (χ0v) is 14.1. The third-order valence-corrected chi connectivity index (χ3v) is 4.75. The molecule has 0 spiro atoms. The highest BCUT2D eigenvalue weighted by Crippen LogP contribution is 2.34. The molecule has 0 N–H and O–H groups in total. The molecule has 118 valence electrons. The van der Waals surface area contributed by atoms with Crippen LogP contribution in [0.25, 0.3) is 22.3 Å². The van der Waals surface area contributed by atoms with Crippen molar-refractivity contribution in [3.63, 3.8) is 0 Å². The van der Waals surface area contributed by atoms with Crippen LogP contribution in [0.5, 0.6) is 5.88 Å². The minimum Gasteiger partial charge on any atom is -0.471 e. The summed E-state index contributed by atoms with van der Waals surface area (Å²) in [6.45, 7) is 4.13. The van der Waals surface area contributed by atoms with Crippen molar-refractivity contribution in [2.75, 3.05) is 0 Å². The SMILES string of the molecule is CC1(C)CCc2cc(-c3nc(-c4ncc(Cl)s4)no3)cnc2O1. The summed E-state index contributed by atoms with van der Waals surface area (Å²) in [4.78, 5) is 12.9. The van der Waals surface area contributed by atoms with Gasteiger partial charge >= 0.3 is 0 Å². The maximum absolute atomic E-state index is 5.89. The molecule has 3 aromatic rings. The van der Waals surface area contributed by atoms with E-state index in [1.54, 1.807) is 12.4 Å². The molecule has 23 heavy (non-hydrogen) atoms. The fraction of sp³-hybridized carbons (Fsp3) is 0.333. The molecule has 6 nitrogen and oxygen atoms in total. The summed E-state index contributed by atoms with van der Waals surface area (Å²) >= 11 is 7.19. The zero-order chi connectivity index (χ0) is 16.0. The molecule has 0 aromatic carbocycles. The number of nitrogens with zero attached hydrogens (tertiary/aromatic N) is 4. The van der Waals surface area contributed by atoms with Crippen LogP contribution in [0, 0.1) is 0 Å². The second-order valence-corrected chi connectivity index (χ2v) is 7.60. The summed E-state index contributed by atoms with van der Waals surface area (Å²) in [6, 6.07) is 1.99. The van der Waals surface area contributed by atoms with E-state index < -0.39 is 0 Å². The highest BCUT2D eigenvalue weighted by Gasteiger charge is 2.28. The number of fused-ring (bicyclic) bond motifs is 1. The molecule has 0 saturated carbocycles. The Bertz CT molecular complexity index is 874. The van der Waals surface area contributed by atoms with Crippen LogP contribution in [0.4, 0.5) is 0 Å². The van der Waals surface area contributed by atoms with E-state index in [1.807, 2.05) is 6.07 Å². The van der Waals surface area contributed by atoms with Gasteiger partial charge in [0.05, 0.1) is 11.8 Å². The number of ether oxygens (including phenoxy) is 1. The Morgan fingerprint density at radius 3 is 2.91 bits per heavy atom. The molecule has 4 heterocycles. The van der Waals surface area contributed by atoms with Crippen LogP contribution in [-0.2, 0) is 6.42 Å². The molecule has 0 atom stereocenters. The molecule has 8 heteroatoms. The normalized spacial score (nSPS) is 16.0. The standard InChI is InChI=1S/C15H13ClN4O2S/c1-15(2)4-3-8-5-9(6-17-12(8)21-15)13-19-11(20-22-13)14-18-7-10(16)23-14/h5-7H,3-4H2,1-2H3. The van der Waals surface area contributed by atoms with Gasteiger partial charge in [-0.25, -0.2) is 9.97 Å². The minimum absolute atomic E-state index is 0.177. The number of pyridine rings is 1. The van der Waals surface area contributed by atoms with Crippen molar-refractivity contribution < 1.29 is 9.26 Å². The predicted molar refractivity (Wildman–Crippen MR) is 86.7 cm³/mol. The van der Waals surface area contributed by atoms with Gasteiger partial charge < -0.3 is 9.26 Å². The summed E-state index contributed by atoms with van der Waals surface area (Å²) < 4.78 is 11.8. The van der Waals surface area contributed by atoms with Crippen molar-refractivity contribution in [2.24, 2.45) is 0 Å². The van der Waals surface area contributed by atoms with Crippen molar-refractivity contribution in [2.45, 2.75) is 32.3 Å². The Labute approximate surface area is 141 Å². The third kappa shape index (κ3) is 2.82. The minimum atomic E-state index is -0.177. The average molecular weight is 349 g/mol. The van der Waals surface area contributed by atoms with Gasteiger partial charge in [0.15, 0.2) is 5.01 Å². The van der Waals surface area contributed by atoms with E-state index in [0.717, 1.165) is 24.0 Å². The molecule has 0 unspecified atom stereocenters. The smallest absolute Gasteiger partial charge is 0.259 e. The number of hydrogen-bond acceptors (Lipinski definition) is 7. The van der Waals surface area contributed by atoms with Crippen molar-refractivity contribution in [1.82, 2.24) is 20.1 Å². The van der Waals surface area contributed by atoms with E-state index in [2.05, 4.69) is 34.0 Å². The van der Waals surface area contributed by atoms with E-state index >= 15 is 0 Å². The van der Waals surface area contributed by atoms with Crippen LogP contribution in [0.2, 0.25) is 4.34 Å². The van der Waals surface area contributed by atoms with Gasteiger partial charge in [-0.1, -0.05) is 28.1 Å². The Kier molecular flexibility index (Phi) is 3.35. The van der Waals surface area contributed by atoms with Crippen molar-refractivity contribution in [3.05, 3.63) is 28.4 Å². The van der Waals surface area contributed by atoms with Crippen molar-refractivity contribution in [1.29, 1.82) is 0 Å². The van der Waals surface area contributed by atoms with Gasteiger partial charge in [0, 0.05) is 11.8 Å². The van der Waals surface area contributed by atoms with Gasteiger partial charge in [-0.05, 0) is 32.8 Å². The first-order chi connectivity index (χ1) is 11.0. The highest BCUT2D eigenvalue weighted by molar-refractivity contribution is 7.18. The topological polar surface area (TPSA) is 73.9 Å². The number of halogens is 1. The predicted octanol–water partition coefficient (Wildman–Crippen LogP) is 4.01. The zero-order valence-electron chi connectivity index (χ0n) is 12.5. The van der Waals surface area contributed by atoms with E-state index in [9.17, 15) is 0 Å². The lowest BCUT2D eigenvalue weighted by Gasteiger charge is -2.31. The van der Waals surface area contributed by atoms with Gasteiger partial charge in [0.25, 0.3) is 5.89 Å². The number of rotatable bonds is 2. The van der Waals surface area contributed by atoms with Crippen molar-refractivity contribution in [3.8, 4) is 28.2 Å². The maximum Gasteiger partial charge on any atom is 0.259 e. The monoisotopic (exact) mass is 348 g/mol. The molecular weight excluding hydrogens is 336 g/mol. The Hall–Kier alpha value is -1.99. The van der Waals surface area contributed by atoms with Crippen LogP contribution >= 0.6 is 22.9 Å². The number of aryl methyl sites for hydroxylation is 1. The van der Waals surface area contributed by atoms with E-state index in [4.69, 9.17) is 20.9 Å². The number of thiazole rings is 1. The Morgan fingerprint density at radius 2 is 2.13 bits per heavy atom. The maximum atomic E-state index is 5.89. The third-order valence-electron chi connectivity index (χ3n) is 3.64. The van der Waals surface area contributed by atoms with Crippen LogP contribution in [0.1, 0.15) is 25.8 Å². The van der Waals surface area contributed by atoms with E-state index in [0.29, 0.717) is 26.9 Å². The fourth-order valence-electron chi connectivity index (χ4n) is 2.42. The molecule has 0 fully saturated rings. The van der Waals surface area contributed by atoms with Gasteiger partial charge in [-0.15, -0.1) is 0 Å². The van der Waals surface area contributed by atoms with Crippen molar-refractivity contribution >= 4 is 22.9 Å². The van der Waals surface area contributed by atoms with Crippen LogP contribution in [0.3, 0.4) is 0 Å². The molecule has 0 aliphatic carbocycles. The largest absolute Gasteiger partial charge is 0.471 e. The molecule has 0 amide bonds. The lowest BCUT2D eigenvalue weighted by atomic mass is 9.95. The molecule has 1 aliphatic heterocycles. The summed E-state index contributed by atoms with van der Waals surface area (Å²) in [5.41, 5.74) is 1.65. The molecule has 0 bridgehead atoms. The first-order valence-electron chi connectivity index (χ1n) is 7.14. The quantitative estimate of drug-likeness (QED) is 0.696. The Morgan fingerprint density at radius 1 is 1.26 bits per heavy atom. The summed E-state index contributed by atoms with van der Waals surface area (Å²) in [6.07, 6.45) is 5.10. The average Bonchev–Trinajstić information content (AvgIpc) is 3.14. The lowest BCUT2D eigenvalue weighted by Crippen LogP contribution is -2.33. The lowest BCUT2D eigenvalue weighted by molar-refractivity contribution is 0.0784. The highest BCUT2D eigenvalue weighted by atomic mass is 35.5. The summed E-state index contributed by atoms with van der Waals surface area (Å²) in [5.74, 6) is 1.51. The summed E-state index contributed by atoms with van der Waals surface area (Å²) in [5, 5.41) is 4.58. The first kappa shape index (κ1) is 14.6. The molecule has 1 aliphatic rings. The molecule has 0 radical (unpaired) electrons. The van der Waals surface area contributed by atoms with Gasteiger partial charge in [-0.3, -0.25) is 0 Å². The molecular formula is C15H13ClN4O2S. The second-order valence-electron chi connectivity index (χ2n) is 5.94. The molecule has 3 aromatic heterocycles. The van der Waals surface area contributed by atoms with Gasteiger partial charge in [0.1, 0.15) is 9.94 Å². The first-order valence-corrected chi connectivity index (χ1v) is 8.33. The van der Waals surface area contributed by atoms with Crippen LogP contribution in [0.15, 0.2) is 23.0 Å². The number of hydrogen-bond donors (Lipinski definition) is 0. The van der Waals surface area contributed by atoms with Gasteiger partial charge in [-0.2, -0.15) is 4.98 Å². The fourth-order valence-corrected chi connectivity index (χ4v) is 3.26.